The SMILES string of the molecule is NNC(=O)c1cccc(OCCSc2nncs2)c1. The number of hydrazine groups is 1. The third-order valence-corrected chi connectivity index (χ3v) is 3.97. The largest absolute Gasteiger partial charge is 0.493 e. The van der Waals surface area contributed by atoms with E-state index in [1.54, 1.807) is 41.5 Å². The molecule has 0 aliphatic heterocycles. The molecular formula is C11H12N4O2S2. The van der Waals surface area contributed by atoms with Gasteiger partial charge in [-0.25, -0.2) is 5.84 Å². The minimum Gasteiger partial charge on any atom is -0.493 e. The van der Waals surface area contributed by atoms with Gasteiger partial charge in [0.1, 0.15) is 11.3 Å². The van der Waals surface area contributed by atoms with E-state index in [2.05, 4.69) is 15.6 Å². The normalized spacial score (nSPS) is 10.2. The Kier molecular flexibility index (Phi) is 5.13. The molecule has 8 heteroatoms. The van der Waals surface area contributed by atoms with Crippen LogP contribution in [-0.2, 0) is 0 Å². The number of carbonyl (C=O) groups excluding carboxylic acids is 1. The van der Waals surface area contributed by atoms with Crippen molar-refractivity contribution in [3.05, 3.63) is 35.3 Å². The minimum absolute atomic E-state index is 0.339. The van der Waals surface area contributed by atoms with E-state index in [-0.39, 0.29) is 5.91 Å². The summed E-state index contributed by atoms with van der Waals surface area (Å²) < 4.78 is 6.47. The Morgan fingerprint density at radius 3 is 3.16 bits per heavy atom. The Morgan fingerprint density at radius 2 is 2.42 bits per heavy atom. The summed E-state index contributed by atoms with van der Waals surface area (Å²) in [5, 5.41) is 7.67. The molecule has 0 radical (unpaired) electrons. The molecule has 1 amide bonds. The molecule has 19 heavy (non-hydrogen) atoms. The Hall–Kier alpha value is -1.64. The molecule has 0 bridgehead atoms. The topological polar surface area (TPSA) is 90.1 Å². The van der Waals surface area contributed by atoms with Crippen LogP contribution in [0, 0.1) is 0 Å². The second-order valence-electron chi connectivity index (χ2n) is 3.40. The third kappa shape index (κ3) is 4.19. The molecule has 0 atom stereocenters. The highest BCUT2D eigenvalue weighted by Gasteiger charge is 2.04. The monoisotopic (exact) mass is 296 g/mol. The molecule has 0 aliphatic rings. The van der Waals surface area contributed by atoms with Gasteiger partial charge in [-0.2, -0.15) is 0 Å². The molecule has 3 N–H and O–H groups in total. The standard InChI is InChI=1S/C11H12N4O2S2/c12-14-10(16)8-2-1-3-9(6-8)17-4-5-18-11-15-13-7-19-11/h1-3,6-7H,4-5,12H2,(H,14,16). The van der Waals surface area contributed by atoms with Crippen molar-refractivity contribution >= 4 is 29.0 Å². The predicted octanol–water partition coefficient (Wildman–Crippen LogP) is 1.31. The van der Waals surface area contributed by atoms with Gasteiger partial charge < -0.3 is 4.74 Å². The quantitative estimate of drug-likeness (QED) is 0.275. The molecule has 0 aliphatic carbocycles. The van der Waals surface area contributed by atoms with Crippen LogP contribution < -0.4 is 16.0 Å². The highest BCUT2D eigenvalue weighted by Crippen LogP contribution is 2.19. The summed E-state index contributed by atoms with van der Waals surface area (Å²) in [5.41, 5.74) is 4.24. The minimum atomic E-state index is -0.339. The van der Waals surface area contributed by atoms with E-state index in [0.717, 1.165) is 10.1 Å². The van der Waals surface area contributed by atoms with Crippen LogP contribution in [0.5, 0.6) is 5.75 Å². The zero-order valence-corrected chi connectivity index (χ0v) is 11.5. The van der Waals surface area contributed by atoms with Gasteiger partial charge in [-0.15, -0.1) is 10.2 Å². The fourth-order valence-corrected chi connectivity index (χ4v) is 2.70. The number of hydrogen-bond acceptors (Lipinski definition) is 7. The Labute approximate surface area is 118 Å². The van der Waals surface area contributed by atoms with E-state index in [1.165, 1.54) is 11.3 Å². The van der Waals surface area contributed by atoms with E-state index >= 15 is 0 Å². The number of aromatic nitrogens is 2. The number of amides is 1. The lowest BCUT2D eigenvalue weighted by Gasteiger charge is -2.06. The zero-order chi connectivity index (χ0) is 13.5. The van der Waals surface area contributed by atoms with Crippen molar-refractivity contribution < 1.29 is 9.53 Å². The Balaban J connectivity index is 1.81. The fraction of sp³-hybridized carbons (Fsp3) is 0.182. The number of ether oxygens (including phenoxy) is 1. The maximum Gasteiger partial charge on any atom is 0.265 e. The highest BCUT2D eigenvalue weighted by molar-refractivity contribution is 8.01. The molecule has 0 saturated heterocycles. The van der Waals surface area contributed by atoms with Gasteiger partial charge in [0.2, 0.25) is 0 Å². The molecule has 0 saturated carbocycles. The van der Waals surface area contributed by atoms with E-state index in [9.17, 15) is 4.79 Å². The van der Waals surface area contributed by atoms with Gasteiger partial charge in [0.25, 0.3) is 5.91 Å². The van der Waals surface area contributed by atoms with Crippen LogP contribution >= 0.6 is 23.1 Å². The number of carbonyl (C=O) groups is 1. The summed E-state index contributed by atoms with van der Waals surface area (Å²) in [5.74, 6) is 6.14. The van der Waals surface area contributed by atoms with E-state index in [0.29, 0.717) is 17.9 Å². The summed E-state index contributed by atoms with van der Waals surface area (Å²) >= 11 is 3.08. The molecule has 100 valence electrons. The maximum atomic E-state index is 11.3. The van der Waals surface area contributed by atoms with E-state index in [4.69, 9.17) is 10.6 Å². The first kappa shape index (κ1) is 13.8. The smallest absolute Gasteiger partial charge is 0.265 e. The molecule has 1 aromatic carbocycles. The lowest BCUT2D eigenvalue weighted by molar-refractivity contribution is 0.0953. The third-order valence-electron chi connectivity index (χ3n) is 2.14. The first-order valence-corrected chi connectivity index (χ1v) is 7.29. The van der Waals surface area contributed by atoms with E-state index < -0.39 is 0 Å². The number of nitrogens with zero attached hydrogens (tertiary/aromatic N) is 2. The van der Waals surface area contributed by atoms with Crippen LogP contribution in [-0.4, -0.2) is 28.5 Å². The first-order valence-electron chi connectivity index (χ1n) is 5.42. The van der Waals surface area contributed by atoms with Crippen LogP contribution in [0.3, 0.4) is 0 Å². The molecule has 2 aromatic rings. The van der Waals surface area contributed by atoms with Crippen LogP contribution in [0.15, 0.2) is 34.1 Å². The van der Waals surface area contributed by atoms with Crippen molar-refractivity contribution in [3.63, 3.8) is 0 Å². The summed E-state index contributed by atoms with van der Waals surface area (Å²) in [6, 6.07) is 6.86. The summed E-state index contributed by atoms with van der Waals surface area (Å²) in [4.78, 5) is 11.3. The number of nitrogens with one attached hydrogen (secondary N) is 1. The van der Waals surface area contributed by atoms with Gasteiger partial charge in [-0.3, -0.25) is 10.2 Å². The fourth-order valence-electron chi connectivity index (χ4n) is 1.32. The Morgan fingerprint density at radius 1 is 1.53 bits per heavy atom. The van der Waals surface area contributed by atoms with Crippen molar-refractivity contribution in [1.82, 2.24) is 15.6 Å². The van der Waals surface area contributed by atoms with Crippen LogP contribution in [0.4, 0.5) is 0 Å². The average molecular weight is 296 g/mol. The van der Waals surface area contributed by atoms with Gasteiger partial charge in [0.05, 0.1) is 6.61 Å². The Bertz CT molecular complexity index is 533. The molecule has 1 aromatic heterocycles. The number of nitrogens with two attached hydrogens (primary N) is 1. The number of rotatable bonds is 6. The summed E-state index contributed by atoms with van der Waals surface area (Å²) in [6.07, 6.45) is 0. The molecule has 2 rings (SSSR count). The second-order valence-corrected chi connectivity index (χ2v) is 5.58. The highest BCUT2D eigenvalue weighted by atomic mass is 32.2. The van der Waals surface area contributed by atoms with Crippen molar-refractivity contribution in [2.75, 3.05) is 12.4 Å². The predicted molar refractivity (Wildman–Crippen MR) is 74.2 cm³/mol. The van der Waals surface area contributed by atoms with Crippen molar-refractivity contribution in [3.8, 4) is 5.75 Å². The molecular weight excluding hydrogens is 284 g/mol. The number of nitrogen functional groups attached to an aromatic ring is 1. The van der Waals surface area contributed by atoms with Crippen molar-refractivity contribution in [2.24, 2.45) is 5.84 Å². The second kappa shape index (κ2) is 7.07. The molecule has 0 spiro atoms. The molecule has 0 unspecified atom stereocenters. The lowest BCUT2D eigenvalue weighted by Crippen LogP contribution is -2.29. The van der Waals surface area contributed by atoms with Gasteiger partial charge in [-0.05, 0) is 18.2 Å². The first-order chi connectivity index (χ1) is 9.29. The van der Waals surface area contributed by atoms with Crippen molar-refractivity contribution in [1.29, 1.82) is 0 Å². The van der Waals surface area contributed by atoms with Crippen LogP contribution in [0.1, 0.15) is 10.4 Å². The number of thioether (sulfide) groups is 1. The lowest BCUT2D eigenvalue weighted by atomic mass is 10.2. The summed E-state index contributed by atoms with van der Waals surface area (Å²) in [7, 11) is 0. The van der Waals surface area contributed by atoms with Crippen LogP contribution in [0.2, 0.25) is 0 Å². The van der Waals surface area contributed by atoms with E-state index in [1.807, 2.05) is 0 Å². The van der Waals surface area contributed by atoms with Crippen molar-refractivity contribution in [2.45, 2.75) is 4.34 Å². The van der Waals surface area contributed by atoms with Gasteiger partial charge >= 0.3 is 0 Å². The maximum absolute atomic E-state index is 11.3. The zero-order valence-electron chi connectivity index (χ0n) is 9.91. The van der Waals surface area contributed by atoms with Gasteiger partial charge in [0.15, 0.2) is 4.34 Å². The van der Waals surface area contributed by atoms with Crippen LogP contribution in [0.25, 0.3) is 0 Å². The summed E-state index contributed by atoms with van der Waals surface area (Å²) in [6.45, 7) is 0.526. The molecule has 6 nitrogen and oxygen atoms in total. The number of benzene rings is 1. The molecule has 1 heterocycles. The number of hydrogen-bond donors (Lipinski definition) is 2. The average Bonchev–Trinajstić information content (AvgIpc) is 2.96. The van der Waals surface area contributed by atoms with Gasteiger partial charge in [0, 0.05) is 11.3 Å². The van der Waals surface area contributed by atoms with Gasteiger partial charge in [-0.1, -0.05) is 29.2 Å². The molecule has 0 fully saturated rings.